The van der Waals surface area contributed by atoms with Gasteiger partial charge < -0.3 is 9.80 Å². The fourth-order valence-corrected chi connectivity index (χ4v) is 6.23. The van der Waals surface area contributed by atoms with Gasteiger partial charge >= 0.3 is 0 Å². The van der Waals surface area contributed by atoms with E-state index in [2.05, 4.69) is 163 Å². The van der Waals surface area contributed by atoms with Gasteiger partial charge in [0.2, 0.25) is 0 Å². The highest BCUT2D eigenvalue weighted by Gasteiger charge is 2.21. The van der Waals surface area contributed by atoms with E-state index in [-0.39, 0.29) is 0 Å². The molecule has 0 unspecified atom stereocenters. The summed E-state index contributed by atoms with van der Waals surface area (Å²) in [7, 11) is 0. The SMILES string of the molecule is Cc1ccc2c(N(c3ccccc3)c3ccc(N(c4ccccc4)c4cccc5cc(C)ccc45)c(Cl)c3)cccc2c1. The summed E-state index contributed by atoms with van der Waals surface area (Å²) < 4.78 is 0. The number of hydrogen-bond acceptors (Lipinski definition) is 2. The first-order valence-electron chi connectivity index (χ1n) is 14.6. The molecule has 0 fully saturated rings. The lowest BCUT2D eigenvalue weighted by atomic mass is 10.0. The van der Waals surface area contributed by atoms with Gasteiger partial charge in [0.1, 0.15) is 0 Å². The molecule has 208 valence electrons. The van der Waals surface area contributed by atoms with Gasteiger partial charge in [-0.3, -0.25) is 0 Å². The lowest BCUT2D eigenvalue weighted by molar-refractivity contribution is 1.27. The smallest absolute Gasteiger partial charge is 0.0667 e. The lowest BCUT2D eigenvalue weighted by Gasteiger charge is -2.30. The highest BCUT2D eigenvalue weighted by molar-refractivity contribution is 6.34. The Hall–Kier alpha value is -5.05. The Morgan fingerprint density at radius 1 is 0.395 bits per heavy atom. The second-order valence-electron chi connectivity index (χ2n) is 11.0. The van der Waals surface area contributed by atoms with Gasteiger partial charge in [-0.15, -0.1) is 0 Å². The molecule has 0 aromatic heterocycles. The lowest BCUT2D eigenvalue weighted by Crippen LogP contribution is -2.13. The van der Waals surface area contributed by atoms with Crippen molar-refractivity contribution < 1.29 is 0 Å². The van der Waals surface area contributed by atoms with Crippen molar-refractivity contribution in [2.24, 2.45) is 0 Å². The Kier molecular flexibility index (Phi) is 7.06. The van der Waals surface area contributed by atoms with Crippen LogP contribution in [0.15, 0.2) is 152 Å². The maximum absolute atomic E-state index is 7.29. The predicted octanol–water partition coefficient (Wildman–Crippen LogP) is 12.2. The van der Waals surface area contributed by atoms with Crippen LogP contribution in [0.4, 0.5) is 34.1 Å². The van der Waals surface area contributed by atoms with E-state index in [0.29, 0.717) is 5.02 Å². The van der Waals surface area contributed by atoms with Crippen LogP contribution in [-0.4, -0.2) is 0 Å². The number of halogens is 1. The monoisotopic (exact) mass is 574 g/mol. The maximum atomic E-state index is 7.29. The van der Waals surface area contributed by atoms with Gasteiger partial charge in [0.25, 0.3) is 0 Å². The molecule has 0 heterocycles. The fourth-order valence-electron chi connectivity index (χ4n) is 5.97. The molecule has 0 radical (unpaired) electrons. The van der Waals surface area contributed by atoms with Crippen molar-refractivity contribution in [2.75, 3.05) is 9.80 Å². The largest absolute Gasteiger partial charge is 0.310 e. The molecular weight excluding hydrogens is 544 g/mol. The minimum atomic E-state index is 0.669. The predicted molar refractivity (Wildman–Crippen MR) is 185 cm³/mol. The van der Waals surface area contributed by atoms with Crippen LogP contribution in [0.3, 0.4) is 0 Å². The van der Waals surface area contributed by atoms with Crippen LogP contribution in [-0.2, 0) is 0 Å². The van der Waals surface area contributed by atoms with Gasteiger partial charge in [0, 0.05) is 27.8 Å². The Balaban J connectivity index is 1.41. The molecule has 0 bridgehead atoms. The topological polar surface area (TPSA) is 6.48 Å². The van der Waals surface area contributed by atoms with Crippen LogP contribution in [0.25, 0.3) is 21.5 Å². The molecule has 0 aliphatic heterocycles. The zero-order chi connectivity index (χ0) is 29.3. The van der Waals surface area contributed by atoms with E-state index in [1.807, 2.05) is 12.1 Å². The number of hydrogen-bond donors (Lipinski definition) is 0. The zero-order valence-electron chi connectivity index (χ0n) is 24.2. The first kappa shape index (κ1) is 26.8. The molecule has 0 amide bonds. The average molecular weight is 575 g/mol. The third kappa shape index (κ3) is 5.11. The van der Waals surface area contributed by atoms with Gasteiger partial charge in [0.05, 0.1) is 22.1 Å². The normalized spacial score (nSPS) is 11.1. The summed E-state index contributed by atoms with van der Waals surface area (Å²) in [5.41, 5.74) is 8.72. The molecule has 7 aromatic rings. The third-order valence-electron chi connectivity index (χ3n) is 7.97. The van der Waals surface area contributed by atoms with Crippen LogP contribution < -0.4 is 9.80 Å². The molecule has 0 atom stereocenters. The van der Waals surface area contributed by atoms with Gasteiger partial charge in [-0.1, -0.05) is 120 Å². The summed E-state index contributed by atoms with van der Waals surface area (Å²) >= 11 is 7.29. The summed E-state index contributed by atoms with van der Waals surface area (Å²) in [5.74, 6) is 0. The van der Waals surface area contributed by atoms with Crippen molar-refractivity contribution in [3.8, 4) is 0 Å². The van der Waals surface area contributed by atoms with E-state index in [0.717, 1.165) is 34.1 Å². The number of rotatable bonds is 6. The van der Waals surface area contributed by atoms with E-state index in [4.69, 9.17) is 11.6 Å². The van der Waals surface area contributed by atoms with E-state index in [9.17, 15) is 0 Å². The van der Waals surface area contributed by atoms with Gasteiger partial charge in [0.15, 0.2) is 0 Å². The summed E-state index contributed by atoms with van der Waals surface area (Å²) in [6.45, 7) is 4.27. The molecule has 7 aromatic carbocycles. The molecular formula is C40H31ClN2. The summed E-state index contributed by atoms with van der Waals surface area (Å²) in [6, 6.07) is 53.5. The minimum Gasteiger partial charge on any atom is -0.310 e. The summed E-state index contributed by atoms with van der Waals surface area (Å²) in [6.07, 6.45) is 0. The first-order chi connectivity index (χ1) is 21.1. The molecule has 0 N–H and O–H groups in total. The molecule has 0 spiro atoms. The Morgan fingerprint density at radius 2 is 0.907 bits per heavy atom. The van der Waals surface area contributed by atoms with Crippen molar-refractivity contribution in [1.29, 1.82) is 0 Å². The quantitative estimate of drug-likeness (QED) is 0.195. The van der Waals surface area contributed by atoms with Gasteiger partial charge in [-0.25, -0.2) is 0 Å². The summed E-state index contributed by atoms with van der Waals surface area (Å²) in [4.78, 5) is 4.55. The van der Waals surface area contributed by atoms with Crippen LogP contribution >= 0.6 is 11.6 Å². The van der Waals surface area contributed by atoms with Crippen molar-refractivity contribution in [2.45, 2.75) is 13.8 Å². The molecule has 43 heavy (non-hydrogen) atoms. The summed E-state index contributed by atoms with van der Waals surface area (Å²) in [5, 5.41) is 5.45. The average Bonchev–Trinajstić information content (AvgIpc) is 3.03. The number of anilines is 6. The first-order valence-corrected chi connectivity index (χ1v) is 14.9. The van der Waals surface area contributed by atoms with E-state index in [1.54, 1.807) is 0 Å². The van der Waals surface area contributed by atoms with Gasteiger partial charge in [-0.05, 0) is 79.2 Å². The Bertz CT molecular complexity index is 2070. The van der Waals surface area contributed by atoms with Crippen molar-refractivity contribution in [3.63, 3.8) is 0 Å². The van der Waals surface area contributed by atoms with Crippen molar-refractivity contribution in [3.05, 3.63) is 168 Å². The number of para-hydroxylation sites is 2. The molecule has 0 aliphatic rings. The number of benzene rings is 7. The van der Waals surface area contributed by atoms with Crippen molar-refractivity contribution >= 4 is 67.3 Å². The number of fused-ring (bicyclic) bond motifs is 2. The maximum Gasteiger partial charge on any atom is 0.0667 e. The Morgan fingerprint density at radius 3 is 1.44 bits per heavy atom. The van der Waals surface area contributed by atoms with Crippen LogP contribution in [0, 0.1) is 13.8 Å². The molecule has 2 nitrogen and oxygen atoms in total. The second kappa shape index (κ2) is 11.3. The molecule has 0 saturated heterocycles. The van der Waals surface area contributed by atoms with E-state index >= 15 is 0 Å². The highest BCUT2D eigenvalue weighted by Crippen LogP contribution is 2.45. The van der Waals surface area contributed by atoms with Crippen LogP contribution in [0.2, 0.25) is 5.02 Å². The zero-order valence-corrected chi connectivity index (χ0v) is 25.0. The fraction of sp³-hybridized carbons (Fsp3) is 0.0500. The third-order valence-corrected chi connectivity index (χ3v) is 8.27. The molecule has 3 heteroatoms. The van der Waals surface area contributed by atoms with Gasteiger partial charge in [-0.2, -0.15) is 0 Å². The van der Waals surface area contributed by atoms with Crippen LogP contribution in [0.1, 0.15) is 11.1 Å². The van der Waals surface area contributed by atoms with Crippen LogP contribution in [0.5, 0.6) is 0 Å². The second-order valence-corrected chi connectivity index (χ2v) is 11.4. The molecule has 0 aliphatic carbocycles. The number of aryl methyl sites for hydroxylation is 2. The molecule has 0 saturated carbocycles. The number of nitrogens with zero attached hydrogens (tertiary/aromatic N) is 2. The molecule has 7 rings (SSSR count). The van der Waals surface area contributed by atoms with E-state index < -0.39 is 0 Å². The van der Waals surface area contributed by atoms with Crippen molar-refractivity contribution in [1.82, 2.24) is 0 Å². The van der Waals surface area contributed by atoms with E-state index in [1.165, 1.54) is 32.7 Å². The highest BCUT2D eigenvalue weighted by atomic mass is 35.5. The standard InChI is InChI=1S/C40H31ClN2/c1-28-19-22-35-30(25-28)11-9-17-38(35)42(32-13-5-3-6-14-32)34-21-24-40(37(41)27-34)43(33-15-7-4-8-16-33)39-18-10-12-31-26-29(2)20-23-36(31)39/h3-27H,1-2H3. The minimum absolute atomic E-state index is 0.669. The Labute approximate surface area is 258 Å².